The summed E-state index contributed by atoms with van der Waals surface area (Å²) in [4.78, 5) is 39.7. The summed E-state index contributed by atoms with van der Waals surface area (Å²) in [5.41, 5.74) is 0.477. The number of phenolic OH excluding ortho intramolecular Hbond substituents is 1. The summed E-state index contributed by atoms with van der Waals surface area (Å²) in [6.45, 7) is -0.688. The molecule has 0 saturated carbocycles. The molecule has 3 aliphatic rings. The van der Waals surface area contributed by atoms with Crippen LogP contribution in [0.5, 0.6) is 11.5 Å². The SMILES string of the molecule is O=C(O)C1=N[C@H](C(=O)O)CC(C=CN2c3cc(O)c(O[C@@H]4O[C@H](CO)[C@@H](O)[C@H](O)[C@H]4O)cc3C[C@H]2C(=O)O)=C1. The van der Waals surface area contributed by atoms with E-state index in [4.69, 9.17) is 9.47 Å². The second kappa shape index (κ2) is 11.0. The normalized spacial score (nSPS) is 30.5. The maximum Gasteiger partial charge on any atom is 0.354 e. The summed E-state index contributed by atoms with van der Waals surface area (Å²) in [5, 5.41) is 78.4. The fourth-order valence-electron chi connectivity index (χ4n) is 4.51. The summed E-state index contributed by atoms with van der Waals surface area (Å²) in [5.74, 6) is -4.67. The predicted molar refractivity (Wildman–Crippen MR) is 128 cm³/mol. The molecule has 1 fully saturated rings. The van der Waals surface area contributed by atoms with Gasteiger partial charge >= 0.3 is 17.9 Å². The van der Waals surface area contributed by atoms with Gasteiger partial charge in [0, 0.05) is 30.8 Å². The molecule has 1 saturated heterocycles. The van der Waals surface area contributed by atoms with E-state index < -0.39 is 78.8 Å². The van der Waals surface area contributed by atoms with Crippen LogP contribution in [-0.2, 0) is 25.5 Å². The Morgan fingerprint density at radius 2 is 1.77 bits per heavy atom. The van der Waals surface area contributed by atoms with Gasteiger partial charge in [0.15, 0.2) is 17.5 Å². The topological polar surface area (TPSA) is 247 Å². The number of rotatable bonds is 8. The lowest BCUT2D eigenvalue weighted by atomic mass is 9.99. The zero-order valence-electron chi connectivity index (χ0n) is 20.1. The lowest BCUT2D eigenvalue weighted by molar-refractivity contribution is -0.277. The smallest absolute Gasteiger partial charge is 0.354 e. The molecule has 4 rings (SSSR count). The molecule has 0 aromatic heterocycles. The van der Waals surface area contributed by atoms with Crippen molar-refractivity contribution in [2.24, 2.45) is 4.99 Å². The predicted octanol–water partition coefficient (Wildman–Crippen LogP) is -1.79. The number of allylic oxidation sites excluding steroid dienone is 1. The molecule has 15 nitrogen and oxygen atoms in total. The Kier molecular flexibility index (Phi) is 7.89. The number of aliphatic hydroxyl groups excluding tert-OH is 4. The van der Waals surface area contributed by atoms with Crippen molar-refractivity contribution in [3.05, 3.63) is 41.6 Å². The molecule has 210 valence electrons. The zero-order chi connectivity index (χ0) is 28.6. The first-order valence-corrected chi connectivity index (χ1v) is 11.7. The van der Waals surface area contributed by atoms with Gasteiger partial charge in [-0.1, -0.05) is 0 Å². The number of carboxylic acid groups (broad SMARTS) is 3. The standard InChI is InChI=1S/C24H26N2O13/c27-8-17-18(29)19(30)20(31)24(39-17)38-16-6-10-5-14(23(36)37)26(13(10)7-15(16)28)2-1-9-3-11(21(32)33)25-12(4-9)22(34)35/h1-3,6-7,12,14,17-20,24,27-31H,4-5,8H2,(H,32,33)(H,34,35)(H,36,37)/t12-,14-,17+,18+,19-,20+,24+/m0/s1. The van der Waals surface area contributed by atoms with Crippen molar-refractivity contribution in [1.29, 1.82) is 0 Å². The minimum absolute atomic E-state index is 0.0566. The van der Waals surface area contributed by atoms with Crippen molar-refractivity contribution in [3.63, 3.8) is 0 Å². The second-order valence-electron chi connectivity index (χ2n) is 9.14. The Morgan fingerprint density at radius 3 is 2.38 bits per heavy atom. The third-order valence-electron chi connectivity index (χ3n) is 6.56. The Hall–Kier alpha value is -4.02. The highest BCUT2D eigenvalue weighted by Crippen LogP contribution is 2.42. The van der Waals surface area contributed by atoms with Crippen molar-refractivity contribution >= 4 is 29.3 Å². The Balaban J connectivity index is 1.61. The van der Waals surface area contributed by atoms with Gasteiger partial charge in [-0.25, -0.2) is 14.4 Å². The van der Waals surface area contributed by atoms with Gasteiger partial charge in [0.1, 0.15) is 36.2 Å². The van der Waals surface area contributed by atoms with E-state index >= 15 is 0 Å². The largest absolute Gasteiger partial charge is 0.504 e. The lowest BCUT2D eigenvalue weighted by Gasteiger charge is -2.39. The highest BCUT2D eigenvalue weighted by Gasteiger charge is 2.45. The van der Waals surface area contributed by atoms with Crippen molar-refractivity contribution in [1.82, 2.24) is 0 Å². The second-order valence-corrected chi connectivity index (χ2v) is 9.14. The third-order valence-corrected chi connectivity index (χ3v) is 6.56. The maximum absolute atomic E-state index is 12.0. The monoisotopic (exact) mass is 550 g/mol. The molecule has 0 radical (unpaired) electrons. The lowest BCUT2D eigenvalue weighted by Crippen LogP contribution is -2.60. The summed E-state index contributed by atoms with van der Waals surface area (Å²) >= 11 is 0. The van der Waals surface area contributed by atoms with Crippen molar-refractivity contribution < 1.29 is 64.7 Å². The van der Waals surface area contributed by atoms with Crippen LogP contribution in [0.15, 0.2) is 41.1 Å². The molecule has 0 aliphatic carbocycles. The third kappa shape index (κ3) is 5.57. The number of phenols is 1. The Labute approximate surface area is 219 Å². The van der Waals surface area contributed by atoms with Crippen LogP contribution < -0.4 is 9.64 Å². The van der Waals surface area contributed by atoms with Gasteiger partial charge in [-0.2, -0.15) is 0 Å². The molecule has 0 amide bonds. The number of carbonyl (C=O) groups is 3. The Morgan fingerprint density at radius 1 is 1.05 bits per heavy atom. The van der Waals surface area contributed by atoms with E-state index in [0.717, 1.165) is 0 Å². The number of fused-ring (bicyclic) bond motifs is 1. The molecule has 7 atom stereocenters. The number of aromatic hydroxyl groups is 1. The van der Waals surface area contributed by atoms with Gasteiger partial charge in [-0.05, 0) is 29.4 Å². The first-order chi connectivity index (χ1) is 18.4. The zero-order valence-corrected chi connectivity index (χ0v) is 20.1. The summed E-state index contributed by atoms with van der Waals surface area (Å²) in [6, 6.07) is 0.0330. The summed E-state index contributed by atoms with van der Waals surface area (Å²) in [7, 11) is 0. The quantitative estimate of drug-likeness (QED) is 0.178. The number of aliphatic imine (C=N–C) groups is 1. The van der Waals surface area contributed by atoms with E-state index in [0.29, 0.717) is 5.56 Å². The fraction of sp³-hybridized carbons (Fsp3) is 0.417. The summed E-state index contributed by atoms with van der Waals surface area (Å²) < 4.78 is 10.8. The molecular formula is C24H26N2O13. The van der Waals surface area contributed by atoms with Gasteiger partial charge in [0.2, 0.25) is 6.29 Å². The van der Waals surface area contributed by atoms with Crippen LogP contribution >= 0.6 is 0 Å². The number of carboxylic acids is 3. The van der Waals surface area contributed by atoms with Crippen molar-refractivity contribution in [2.45, 2.75) is 55.6 Å². The number of benzene rings is 1. The van der Waals surface area contributed by atoms with Crippen LogP contribution in [0, 0.1) is 0 Å². The molecule has 3 aliphatic heterocycles. The number of anilines is 1. The molecule has 39 heavy (non-hydrogen) atoms. The number of ether oxygens (including phenoxy) is 2. The minimum atomic E-state index is -1.74. The van der Waals surface area contributed by atoms with Gasteiger partial charge in [0.05, 0.1) is 6.61 Å². The van der Waals surface area contributed by atoms with E-state index in [2.05, 4.69) is 4.99 Å². The molecule has 1 aromatic carbocycles. The van der Waals surface area contributed by atoms with Crippen molar-refractivity contribution in [2.75, 3.05) is 11.5 Å². The number of dihydropyridines is 1. The Bertz CT molecular complexity index is 1260. The number of hydrogen-bond donors (Lipinski definition) is 8. The van der Waals surface area contributed by atoms with Crippen LogP contribution in [0.25, 0.3) is 0 Å². The molecule has 8 N–H and O–H groups in total. The molecule has 3 heterocycles. The molecule has 0 unspecified atom stereocenters. The van der Waals surface area contributed by atoms with Crippen LogP contribution in [0.1, 0.15) is 12.0 Å². The highest BCUT2D eigenvalue weighted by atomic mass is 16.7. The fourth-order valence-corrected chi connectivity index (χ4v) is 4.51. The average Bonchev–Trinajstić information content (AvgIpc) is 3.24. The number of aliphatic hydroxyl groups is 4. The van der Waals surface area contributed by atoms with E-state index in [1.165, 1.54) is 35.4 Å². The molecule has 15 heteroatoms. The van der Waals surface area contributed by atoms with Crippen molar-refractivity contribution in [3.8, 4) is 11.5 Å². The molecule has 0 bridgehead atoms. The molecule has 1 aromatic rings. The number of aliphatic carboxylic acids is 3. The van der Waals surface area contributed by atoms with Crippen LogP contribution in [0.2, 0.25) is 0 Å². The van der Waals surface area contributed by atoms with E-state index in [1.807, 2.05) is 0 Å². The van der Waals surface area contributed by atoms with Crippen LogP contribution in [0.4, 0.5) is 5.69 Å². The van der Waals surface area contributed by atoms with Gasteiger partial charge in [0.25, 0.3) is 0 Å². The number of nitrogens with zero attached hydrogens (tertiary/aromatic N) is 2. The van der Waals surface area contributed by atoms with E-state index in [9.17, 15) is 55.2 Å². The molecule has 0 spiro atoms. The van der Waals surface area contributed by atoms with Gasteiger partial charge in [-0.3, -0.25) is 4.99 Å². The van der Waals surface area contributed by atoms with Gasteiger partial charge in [-0.15, -0.1) is 0 Å². The summed E-state index contributed by atoms with van der Waals surface area (Å²) in [6.07, 6.45) is -4.19. The highest BCUT2D eigenvalue weighted by molar-refractivity contribution is 6.41. The van der Waals surface area contributed by atoms with Crippen LogP contribution in [-0.4, -0.2) is 114 Å². The van der Waals surface area contributed by atoms with Crippen LogP contribution in [0.3, 0.4) is 0 Å². The minimum Gasteiger partial charge on any atom is -0.504 e. The first-order valence-electron chi connectivity index (χ1n) is 11.7. The van der Waals surface area contributed by atoms with Gasteiger partial charge < -0.3 is 55.2 Å². The van der Waals surface area contributed by atoms with E-state index in [-0.39, 0.29) is 29.9 Å². The average molecular weight is 550 g/mol. The maximum atomic E-state index is 12.0. The molecular weight excluding hydrogens is 524 g/mol. The number of hydrogen-bond acceptors (Lipinski definition) is 12. The first kappa shape index (κ1) is 28.0. The van der Waals surface area contributed by atoms with E-state index in [1.54, 1.807) is 0 Å².